The predicted molar refractivity (Wildman–Crippen MR) is 90.5 cm³/mol. The van der Waals surface area contributed by atoms with Crippen molar-refractivity contribution < 1.29 is 4.79 Å². The Balaban J connectivity index is 1.77. The number of hydrogen-bond acceptors (Lipinski definition) is 4. The molecule has 0 spiro atoms. The number of amides is 1. The molecule has 0 aliphatic rings. The van der Waals surface area contributed by atoms with Gasteiger partial charge in [0.25, 0.3) is 5.56 Å². The largest absolute Gasteiger partial charge is 0.348 e. The molecular weight excluding hydrogens is 306 g/mol. The highest BCUT2D eigenvalue weighted by molar-refractivity contribution is 5.77. The lowest BCUT2D eigenvalue weighted by molar-refractivity contribution is -0.122. The van der Waals surface area contributed by atoms with Crippen LogP contribution >= 0.6 is 0 Å². The van der Waals surface area contributed by atoms with Crippen LogP contribution in [-0.2, 0) is 18.4 Å². The molecule has 2 heterocycles. The van der Waals surface area contributed by atoms with Crippen LogP contribution in [0.2, 0.25) is 0 Å². The minimum absolute atomic E-state index is 0.0765. The van der Waals surface area contributed by atoms with E-state index in [-0.39, 0.29) is 24.1 Å². The summed E-state index contributed by atoms with van der Waals surface area (Å²) < 4.78 is 2.82. The van der Waals surface area contributed by atoms with E-state index >= 15 is 0 Å². The fourth-order valence-corrected chi connectivity index (χ4v) is 2.77. The van der Waals surface area contributed by atoms with Crippen LogP contribution in [0.1, 0.15) is 24.1 Å². The van der Waals surface area contributed by atoms with Gasteiger partial charge < -0.3 is 5.32 Å². The number of fused-ring (bicyclic) bond motifs is 1. The van der Waals surface area contributed by atoms with Gasteiger partial charge in [-0.2, -0.15) is 5.10 Å². The number of carbonyl (C=O) groups is 1. The molecule has 1 N–H and O–H groups in total. The van der Waals surface area contributed by atoms with E-state index in [0.717, 1.165) is 11.1 Å². The third kappa shape index (κ3) is 2.92. The molecule has 7 heteroatoms. The molecule has 0 fully saturated rings. The smallest absolute Gasteiger partial charge is 0.264 e. The van der Waals surface area contributed by atoms with E-state index in [4.69, 9.17) is 0 Å². The minimum atomic E-state index is -0.271. The maximum Gasteiger partial charge on any atom is 0.264 e. The van der Waals surface area contributed by atoms with Crippen LogP contribution in [0.3, 0.4) is 0 Å². The van der Waals surface area contributed by atoms with Crippen LogP contribution in [0.25, 0.3) is 11.0 Å². The average molecular weight is 325 g/mol. The van der Waals surface area contributed by atoms with Gasteiger partial charge in [-0.05, 0) is 25.0 Å². The number of nitrogens with zero attached hydrogens (tertiary/aromatic N) is 4. The second kappa shape index (κ2) is 6.27. The molecule has 24 heavy (non-hydrogen) atoms. The van der Waals surface area contributed by atoms with Crippen molar-refractivity contribution in [2.24, 2.45) is 7.05 Å². The molecule has 3 aromatic rings. The van der Waals surface area contributed by atoms with E-state index in [9.17, 15) is 9.59 Å². The Bertz CT molecular complexity index is 957. The number of aromatic nitrogens is 4. The summed E-state index contributed by atoms with van der Waals surface area (Å²) >= 11 is 0. The first-order chi connectivity index (χ1) is 11.5. The highest BCUT2D eigenvalue weighted by Crippen LogP contribution is 2.16. The van der Waals surface area contributed by atoms with Crippen LogP contribution in [0.15, 0.2) is 41.6 Å². The molecule has 7 nitrogen and oxygen atoms in total. The highest BCUT2D eigenvalue weighted by atomic mass is 16.2. The first-order valence-corrected chi connectivity index (χ1v) is 7.69. The van der Waals surface area contributed by atoms with Crippen LogP contribution < -0.4 is 10.9 Å². The molecule has 0 saturated carbocycles. The normalized spacial score (nSPS) is 12.3. The van der Waals surface area contributed by atoms with Crippen molar-refractivity contribution in [3.8, 4) is 0 Å². The molecule has 3 rings (SSSR count). The Morgan fingerprint density at radius 2 is 2.08 bits per heavy atom. The molecule has 2 aromatic heterocycles. The SMILES string of the molecule is Cc1ccccc1[C@H](C)NC(=O)Cn1cnc2c(cnn2C)c1=O. The van der Waals surface area contributed by atoms with E-state index in [0.29, 0.717) is 11.0 Å². The van der Waals surface area contributed by atoms with E-state index < -0.39 is 0 Å². The topological polar surface area (TPSA) is 81.8 Å². The lowest BCUT2D eigenvalue weighted by atomic mass is 10.0. The van der Waals surface area contributed by atoms with Crippen molar-refractivity contribution >= 4 is 16.9 Å². The Morgan fingerprint density at radius 3 is 2.83 bits per heavy atom. The molecule has 0 unspecified atom stereocenters. The Labute approximate surface area is 138 Å². The number of benzene rings is 1. The molecule has 1 atom stereocenters. The van der Waals surface area contributed by atoms with Crippen LogP contribution in [-0.4, -0.2) is 25.2 Å². The van der Waals surface area contributed by atoms with Crippen molar-refractivity contribution in [3.63, 3.8) is 0 Å². The highest BCUT2D eigenvalue weighted by Gasteiger charge is 2.14. The molecule has 1 amide bonds. The van der Waals surface area contributed by atoms with Gasteiger partial charge in [0.1, 0.15) is 18.3 Å². The van der Waals surface area contributed by atoms with Gasteiger partial charge in [0.2, 0.25) is 5.91 Å². The Hall–Kier alpha value is -2.96. The molecule has 124 valence electrons. The van der Waals surface area contributed by atoms with E-state index in [2.05, 4.69) is 15.4 Å². The quantitative estimate of drug-likeness (QED) is 0.784. The molecule has 0 bridgehead atoms. The lowest BCUT2D eigenvalue weighted by Gasteiger charge is -2.17. The first kappa shape index (κ1) is 15.9. The maximum absolute atomic E-state index is 12.4. The van der Waals surface area contributed by atoms with Gasteiger partial charge in [0.15, 0.2) is 5.65 Å². The molecule has 0 aliphatic carbocycles. The second-order valence-corrected chi connectivity index (χ2v) is 5.83. The van der Waals surface area contributed by atoms with Gasteiger partial charge >= 0.3 is 0 Å². The predicted octanol–water partition coefficient (Wildman–Crippen LogP) is 1.32. The number of hydrogen-bond donors (Lipinski definition) is 1. The van der Waals surface area contributed by atoms with Gasteiger partial charge in [-0.3, -0.25) is 18.8 Å². The van der Waals surface area contributed by atoms with Gasteiger partial charge in [0.05, 0.1) is 12.2 Å². The number of aryl methyl sites for hydroxylation is 2. The molecular formula is C17H19N5O2. The van der Waals surface area contributed by atoms with Crippen molar-refractivity contribution in [2.45, 2.75) is 26.4 Å². The zero-order valence-corrected chi connectivity index (χ0v) is 13.9. The van der Waals surface area contributed by atoms with Crippen LogP contribution in [0.5, 0.6) is 0 Å². The van der Waals surface area contributed by atoms with Gasteiger partial charge in [-0.1, -0.05) is 24.3 Å². The summed E-state index contributed by atoms with van der Waals surface area (Å²) in [6.07, 6.45) is 2.85. The summed E-state index contributed by atoms with van der Waals surface area (Å²) in [7, 11) is 1.72. The van der Waals surface area contributed by atoms with E-state index in [1.165, 1.54) is 21.8 Å². The lowest BCUT2D eigenvalue weighted by Crippen LogP contribution is -2.34. The summed E-state index contributed by atoms with van der Waals surface area (Å²) in [6, 6.07) is 7.75. The maximum atomic E-state index is 12.4. The monoisotopic (exact) mass is 325 g/mol. The van der Waals surface area contributed by atoms with E-state index in [1.54, 1.807) is 7.05 Å². The van der Waals surface area contributed by atoms with Gasteiger partial charge in [0, 0.05) is 7.05 Å². The van der Waals surface area contributed by atoms with Crippen LogP contribution in [0, 0.1) is 6.92 Å². The van der Waals surface area contributed by atoms with Crippen molar-refractivity contribution in [1.82, 2.24) is 24.6 Å². The summed E-state index contributed by atoms with van der Waals surface area (Å²) in [5.41, 5.74) is 2.40. The Morgan fingerprint density at radius 1 is 1.33 bits per heavy atom. The van der Waals surface area contributed by atoms with Crippen LogP contribution in [0.4, 0.5) is 0 Å². The zero-order valence-electron chi connectivity index (χ0n) is 13.9. The summed E-state index contributed by atoms with van der Waals surface area (Å²) in [6.45, 7) is 3.85. The third-order valence-corrected chi connectivity index (χ3v) is 4.06. The van der Waals surface area contributed by atoms with E-state index in [1.807, 2.05) is 38.1 Å². The fraction of sp³-hybridized carbons (Fsp3) is 0.294. The summed E-state index contributed by atoms with van der Waals surface area (Å²) in [4.78, 5) is 28.8. The van der Waals surface area contributed by atoms with Crippen molar-refractivity contribution in [1.29, 1.82) is 0 Å². The van der Waals surface area contributed by atoms with Crippen molar-refractivity contribution in [3.05, 3.63) is 58.3 Å². The van der Waals surface area contributed by atoms with Crippen molar-refractivity contribution in [2.75, 3.05) is 0 Å². The third-order valence-electron chi connectivity index (χ3n) is 4.06. The second-order valence-electron chi connectivity index (χ2n) is 5.83. The molecule has 1 aromatic carbocycles. The van der Waals surface area contributed by atoms with Gasteiger partial charge in [-0.15, -0.1) is 0 Å². The fourth-order valence-electron chi connectivity index (χ4n) is 2.77. The first-order valence-electron chi connectivity index (χ1n) is 7.69. The Kier molecular flexibility index (Phi) is 4.16. The minimum Gasteiger partial charge on any atom is -0.348 e. The number of nitrogens with one attached hydrogen (secondary N) is 1. The summed E-state index contributed by atoms with van der Waals surface area (Å²) in [5, 5.41) is 7.34. The number of rotatable bonds is 4. The number of carbonyl (C=O) groups excluding carboxylic acids is 1. The standard InChI is InChI=1S/C17H19N5O2/c1-11-6-4-5-7-13(11)12(2)20-15(23)9-22-10-18-16-14(17(22)24)8-19-21(16)3/h4-8,10,12H,9H2,1-3H3,(H,20,23)/t12-/m0/s1. The average Bonchev–Trinajstić information content (AvgIpc) is 2.92. The molecule has 0 saturated heterocycles. The zero-order chi connectivity index (χ0) is 17.3. The molecule has 0 aliphatic heterocycles. The van der Waals surface area contributed by atoms with Gasteiger partial charge in [-0.25, -0.2) is 4.98 Å². The summed E-state index contributed by atoms with van der Waals surface area (Å²) in [5.74, 6) is -0.238. The molecule has 0 radical (unpaired) electrons.